The molecular weight excluding hydrogens is 364 g/mol. The summed E-state index contributed by atoms with van der Waals surface area (Å²) in [4.78, 5) is 0.202. The third-order valence-electron chi connectivity index (χ3n) is 4.29. The summed E-state index contributed by atoms with van der Waals surface area (Å²) in [5.41, 5.74) is 2.77. The van der Waals surface area contributed by atoms with Gasteiger partial charge in [0, 0.05) is 12.4 Å². The van der Waals surface area contributed by atoms with Crippen LogP contribution in [0.5, 0.6) is 0 Å². The first kappa shape index (κ1) is 17.4. The molecule has 2 aromatic carbocycles. The highest BCUT2D eigenvalue weighted by atomic mass is 32.2. The van der Waals surface area contributed by atoms with Crippen LogP contribution < -0.4 is 0 Å². The number of benzene rings is 2. The van der Waals surface area contributed by atoms with E-state index < -0.39 is 10.0 Å². The summed E-state index contributed by atoms with van der Waals surface area (Å²) in [7, 11) is -2.20. The molecule has 0 radical (unpaired) electrons. The van der Waals surface area contributed by atoms with Crippen molar-refractivity contribution in [2.45, 2.75) is 18.4 Å². The highest BCUT2D eigenvalue weighted by Gasteiger charge is 2.25. The minimum absolute atomic E-state index is 0.110. The molecule has 0 aliphatic heterocycles. The molecule has 27 heavy (non-hydrogen) atoms. The van der Waals surface area contributed by atoms with Crippen LogP contribution in [0.1, 0.15) is 11.3 Å². The Labute approximate surface area is 156 Å². The van der Waals surface area contributed by atoms with Gasteiger partial charge in [-0.15, -0.1) is 5.10 Å². The predicted octanol–water partition coefficient (Wildman–Crippen LogP) is 2.27. The quantitative estimate of drug-likeness (QED) is 0.571. The van der Waals surface area contributed by atoms with Crippen molar-refractivity contribution >= 4 is 20.9 Å². The lowest BCUT2D eigenvalue weighted by Crippen LogP contribution is -2.27. The number of para-hydroxylation sites is 1. The first-order chi connectivity index (χ1) is 12.9. The van der Waals surface area contributed by atoms with Crippen molar-refractivity contribution in [3.05, 3.63) is 66.1 Å². The fraction of sp³-hybridized carbons (Fsp3) is 0.167. The largest absolute Gasteiger partial charge is 0.276 e. The molecule has 0 bridgehead atoms. The molecule has 0 saturated carbocycles. The van der Waals surface area contributed by atoms with Gasteiger partial charge in [-0.3, -0.25) is 5.10 Å². The lowest BCUT2D eigenvalue weighted by Gasteiger charge is -2.16. The number of sulfonamides is 1. The number of aromatic nitrogens is 5. The number of hydrogen-bond donors (Lipinski definition) is 1. The number of aryl methyl sites for hydroxylation is 1. The lowest BCUT2D eigenvalue weighted by atomic mass is 10.2. The van der Waals surface area contributed by atoms with E-state index in [1.807, 2.05) is 43.3 Å². The molecule has 2 aromatic heterocycles. The van der Waals surface area contributed by atoms with E-state index in [1.54, 1.807) is 23.1 Å². The topological polar surface area (TPSA) is 96.8 Å². The summed E-state index contributed by atoms with van der Waals surface area (Å²) in [5, 5.41) is 15.7. The van der Waals surface area contributed by atoms with Gasteiger partial charge >= 0.3 is 0 Å². The third-order valence-corrected chi connectivity index (χ3v) is 6.12. The van der Waals surface area contributed by atoms with Crippen LogP contribution in [-0.2, 0) is 16.6 Å². The van der Waals surface area contributed by atoms with Crippen LogP contribution in [0.15, 0.2) is 59.8 Å². The van der Waals surface area contributed by atoms with E-state index in [0.29, 0.717) is 11.2 Å². The zero-order valence-corrected chi connectivity index (χ0v) is 15.7. The van der Waals surface area contributed by atoms with Crippen LogP contribution >= 0.6 is 0 Å². The van der Waals surface area contributed by atoms with Crippen molar-refractivity contribution in [1.82, 2.24) is 29.5 Å². The molecule has 0 fully saturated rings. The summed E-state index contributed by atoms with van der Waals surface area (Å²) < 4.78 is 29.1. The number of aromatic amines is 1. The summed E-state index contributed by atoms with van der Waals surface area (Å²) >= 11 is 0. The molecule has 4 rings (SSSR count). The Morgan fingerprint density at radius 2 is 1.96 bits per heavy atom. The maximum Gasteiger partial charge on any atom is 0.245 e. The maximum atomic E-state index is 13.1. The monoisotopic (exact) mass is 382 g/mol. The third kappa shape index (κ3) is 3.22. The van der Waals surface area contributed by atoms with Gasteiger partial charge in [0.2, 0.25) is 10.0 Å². The molecule has 0 amide bonds. The van der Waals surface area contributed by atoms with Crippen LogP contribution in [-0.4, -0.2) is 45.0 Å². The zero-order chi connectivity index (χ0) is 19.0. The molecule has 0 unspecified atom stereocenters. The number of H-pyrrole nitrogens is 1. The van der Waals surface area contributed by atoms with Gasteiger partial charge in [0.05, 0.1) is 35.8 Å². The minimum Gasteiger partial charge on any atom is -0.276 e. The van der Waals surface area contributed by atoms with Crippen molar-refractivity contribution in [2.24, 2.45) is 0 Å². The molecular formula is C18H18N6O2S. The number of nitrogens with one attached hydrogen (secondary N) is 1. The first-order valence-electron chi connectivity index (χ1n) is 8.32. The van der Waals surface area contributed by atoms with E-state index in [9.17, 15) is 8.42 Å². The van der Waals surface area contributed by atoms with E-state index in [0.717, 1.165) is 16.6 Å². The van der Waals surface area contributed by atoms with Crippen molar-refractivity contribution in [2.75, 3.05) is 7.05 Å². The SMILES string of the molecule is Cc1cc(S(=O)(=O)N(C)Cc2cn(-c3ccccc3)nn2)c2[nH]ncc2c1. The molecule has 2 heterocycles. The Kier molecular flexibility index (Phi) is 4.25. The van der Waals surface area contributed by atoms with Gasteiger partial charge in [0.25, 0.3) is 0 Å². The number of fused-ring (bicyclic) bond motifs is 1. The van der Waals surface area contributed by atoms with Gasteiger partial charge in [-0.2, -0.15) is 9.40 Å². The van der Waals surface area contributed by atoms with Crippen molar-refractivity contribution < 1.29 is 8.42 Å². The molecule has 0 aliphatic rings. The Morgan fingerprint density at radius 3 is 2.74 bits per heavy atom. The summed E-state index contributed by atoms with van der Waals surface area (Å²) in [5.74, 6) is 0. The van der Waals surface area contributed by atoms with Crippen LogP contribution in [0.4, 0.5) is 0 Å². The molecule has 0 aliphatic carbocycles. The molecule has 138 valence electrons. The normalized spacial score (nSPS) is 12.1. The Morgan fingerprint density at radius 1 is 1.19 bits per heavy atom. The molecule has 0 atom stereocenters. The van der Waals surface area contributed by atoms with E-state index >= 15 is 0 Å². The van der Waals surface area contributed by atoms with Crippen molar-refractivity contribution in [3.63, 3.8) is 0 Å². The average Bonchev–Trinajstić information content (AvgIpc) is 3.31. The first-order valence-corrected chi connectivity index (χ1v) is 9.76. The van der Waals surface area contributed by atoms with Crippen LogP contribution in [0.3, 0.4) is 0 Å². The summed E-state index contributed by atoms with van der Waals surface area (Å²) in [6.45, 7) is 1.97. The van der Waals surface area contributed by atoms with Crippen LogP contribution in [0, 0.1) is 6.92 Å². The second-order valence-electron chi connectivity index (χ2n) is 6.35. The zero-order valence-electron chi connectivity index (χ0n) is 14.9. The molecule has 9 heteroatoms. The van der Waals surface area contributed by atoms with Crippen molar-refractivity contribution in [3.8, 4) is 5.69 Å². The van der Waals surface area contributed by atoms with E-state index in [4.69, 9.17) is 0 Å². The van der Waals surface area contributed by atoms with Crippen molar-refractivity contribution in [1.29, 1.82) is 0 Å². The fourth-order valence-electron chi connectivity index (χ4n) is 2.93. The van der Waals surface area contributed by atoms with Crippen LogP contribution in [0.2, 0.25) is 0 Å². The molecule has 8 nitrogen and oxygen atoms in total. The van der Waals surface area contributed by atoms with Gasteiger partial charge in [0.1, 0.15) is 4.90 Å². The molecule has 0 saturated heterocycles. The molecule has 0 spiro atoms. The molecule has 4 aromatic rings. The van der Waals surface area contributed by atoms with Crippen LogP contribution in [0.25, 0.3) is 16.6 Å². The van der Waals surface area contributed by atoms with E-state index in [1.165, 1.54) is 11.4 Å². The van der Waals surface area contributed by atoms with Gasteiger partial charge in [-0.1, -0.05) is 23.4 Å². The van der Waals surface area contributed by atoms with E-state index in [-0.39, 0.29) is 11.4 Å². The lowest BCUT2D eigenvalue weighted by molar-refractivity contribution is 0.462. The average molecular weight is 382 g/mol. The predicted molar refractivity (Wildman–Crippen MR) is 101 cm³/mol. The summed E-state index contributed by atoms with van der Waals surface area (Å²) in [6.07, 6.45) is 3.34. The summed E-state index contributed by atoms with van der Waals surface area (Å²) in [6, 6.07) is 13.1. The Bertz CT molecular complexity index is 1200. The second-order valence-corrected chi connectivity index (χ2v) is 8.36. The Balaban J connectivity index is 1.63. The number of rotatable bonds is 5. The Hall–Kier alpha value is -3.04. The van der Waals surface area contributed by atoms with Gasteiger partial charge in [0.15, 0.2) is 0 Å². The fourth-order valence-corrected chi connectivity index (χ4v) is 4.32. The van der Waals surface area contributed by atoms with Gasteiger partial charge in [-0.05, 0) is 36.8 Å². The molecule has 1 N–H and O–H groups in total. The highest BCUT2D eigenvalue weighted by molar-refractivity contribution is 7.89. The number of hydrogen-bond acceptors (Lipinski definition) is 5. The maximum absolute atomic E-state index is 13.1. The standard InChI is InChI=1S/C18H18N6O2S/c1-13-8-14-10-19-21-18(14)17(9-13)27(25,26)23(2)11-15-12-24(22-20-15)16-6-4-3-5-7-16/h3-10,12H,11H2,1-2H3,(H,19,21). The van der Waals surface area contributed by atoms with E-state index in [2.05, 4.69) is 20.5 Å². The second kappa shape index (κ2) is 6.60. The van der Waals surface area contributed by atoms with Gasteiger partial charge < -0.3 is 0 Å². The van der Waals surface area contributed by atoms with Gasteiger partial charge in [-0.25, -0.2) is 13.1 Å². The minimum atomic E-state index is -3.73. The highest BCUT2D eigenvalue weighted by Crippen LogP contribution is 2.26. The smallest absolute Gasteiger partial charge is 0.245 e. The number of nitrogens with zero attached hydrogens (tertiary/aromatic N) is 5.